The summed E-state index contributed by atoms with van der Waals surface area (Å²) < 4.78 is 0. The average molecular weight is 291 g/mol. The van der Waals surface area contributed by atoms with Crippen LogP contribution in [0.15, 0.2) is 30.3 Å². The fourth-order valence-electron chi connectivity index (χ4n) is 2.36. The van der Waals surface area contributed by atoms with Crippen LogP contribution in [0.4, 0.5) is 0 Å². The summed E-state index contributed by atoms with van der Waals surface area (Å²) in [5.74, 6) is 0.127. The predicted octanol–water partition coefficient (Wildman–Crippen LogP) is 2.12. The summed E-state index contributed by atoms with van der Waals surface area (Å²) in [6.45, 7) is 8.12. The van der Waals surface area contributed by atoms with Gasteiger partial charge in [0.15, 0.2) is 0 Å². The van der Waals surface area contributed by atoms with Gasteiger partial charge in [-0.3, -0.25) is 9.69 Å². The molecule has 1 amide bonds. The maximum Gasteiger partial charge on any atom is 0.236 e. The van der Waals surface area contributed by atoms with Crippen molar-refractivity contribution >= 4 is 5.91 Å². The van der Waals surface area contributed by atoms with Crippen molar-refractivity contribution in [3.05, 3.63) is 35.9 Å². The Labute approximate surface area is 128 Å². The van der Waals surface area contributed by atoms with Gasteiger partial charge in [0.25, 0.3) is 0 Å². The molecule has 0 saturated carbocycles. The molecule has 0 aliphatic rings. The molecule has 4 nitrogen and oxygen atoms in total. The van der Waals surface area contributed by atoms with Gasteiger partial charge >= 0.3 is 0 Å². The molecule has 1 atom stereocenters. The van der Waals surface area contributed by atoms with E-state index in [0.29, 0.717) is 13.1 Å². The third-order valence-electron chi connectivity index (χ3n) is 3.91. The van der Waals surface area contributed by atoms with Crippen molar-refractivity contribution in [2.75, 3.05) is 33.7 Å². The minimum Gasteiger partial charge on any atom is -0.338 e. The molecule has 0 aromatic heterocycles. The Hall–Kier alpha value is -1.39. The van der Waals surface area contributed by atoms with E-state index in [0.717, 1.165) is 12.1 Å². The third kappa shape index (κ3) is 5.48. The number of amides is 1. The lowest BCUT2D eigenvalue weighted by molar-refractivity contribution is -0.133. The van der Waals surface area contributed by atoms with Crippen LogP contribution in [0.25, 0.3) is 0 Å². The molecule has 2 N–H and O–H groups in total. The molecule has 0 radical (unpaired) electrons. The first-order valence-electron chi connectivity index (χ1n) is 7.46. The zero-order chi connectivity index (χ0) is 16.0. The highest BCUT2D eigenvalue weighted by atomic mass is 16.2. The molecule has 0 bridgehead atoms. The lowest BCUT2D eigenvalue weighted by Crippen LogP contribution is -2.43. The number of carbonyl (C=O) groups excluding carboxylic acids is 1. The summed E-state index contributed by atoms with van der Waals surface area (Å²) in [5, 5.41) is 0. The highest BCUT2D eigenvalue weighted by Crippen LogP contribution is 2.19. The van der Waals surface area contributed by atoms with Crippen molar-refractivity contribution < 1.29 is 4.79 Å². The lowest BCUT2D eigenvalue weighted by atomic mass is 9.93. The van der Waals surface area contributed by atoms with Crippen LogP contribution in [-0.2, 0) is 4.79 Å². The molecule has 118 valence electrons. The minimum absolute atomic E-state index is 0.0264. The normalized spacial score (nSPS) is 13.3. The molecular formula is C17H29N3O. The molecule has 4 heteroatoms. The first-order chi connectivity index (χ1) is 9.76. The van der Waals surface area contributed by atoms with E-state index >= 15 is 0 Å². The van der Waals surface area contributed by atoms with Crippen molar-refractivity contribution in [2.45, 2.75) is 26.8 Å². The van der Waals surface area contributed by atoms with E-state index in [1.165, 1.54) is 0 Å². The monoisotopic (exact) mass is 291 g/mol. The van der Waals surface area contributed by atoms with Crippen LogP contribution < -0.4 is 5.73 Å². The summed E-state index contributed by atoms with van der Waals surface area (Å²) in [6.07, 6.45) is 0. The molecule has 21 heavy (non-hydrogen) atoms. The average Bonchev–Trinajstić information content (AvgIpc) is 2.45. The van der Waals surface area contributed by atoms with E-state index in [-0.39, 0.29) is 17.4 Å². The summed E-state index contributed by atoms with van der Waals surface area (Å²) >= 11 is 0. The van der Waals surface area contributed by atoms with Crippen molar-refractivity contribution in [2.24, 2.45) is 11.1 Å². The van der Waals surface area contributed by atoms with E-state index in [1.807, 2.05) is 37.2 Å². The van der Waals surface area contributed by atoms with Crippen molar-refractivity contribution in [3.63, 3.8) is 0 Å². The van der Waals surface area contributed by atoms with Gasteiger partial charge in [0.1, 0.15) is 0 Å². The number of rotatable bonds is 7. The molecule has 0 aliphatic carbocycles. The molecule has 0 saturated heterocycles. The van der Waals surface area contributed by atoms with Gasteiger partial charge in [-0.1, -0.05) is 44.2 Å². The Morgan fingerprint density at radius 2 is 1.81 bits per heavy atom. The largest absolute Gasteiger partial charge is 0.338 e. The van der Waals surface area contributed by atoms with Gasteiger partial charge in [-0.15, -0.1) is 0 Å². The van der Waals surface area contributed by atoms with Crippen molar-refractivity contribution in [1.29, 1.82) is 0 Å². The highest BCUT2D eigenvalue weighted by molar-refractivity contribution is 5.78. The van der Waals surface area contributed by atoms with Crippen LogP contribution in [0, 0.1) is 5.41 Å². The molecule has 0 aliphatic heterocycles. The number of likely N-dealkylation sites (N-methyl/N-ethyl adjacent to an activating group) is 2. The SMILES string of the molecule is CC(c1ccccc1)N(C)C(=O)CN(C)CC(C)(C)CN. The Balaban J connectivity index is 2.59. The summed E-state index contributed by atoms with van der Waals surface area (Å²) in [4.78, 5) is 16.2. The number of nitrogens with two attached hydrogens (primary N) is 1. The third-order valence-corrected chi connectivity index (χ3v) is 3.91. The fourth-order valence-corrected chi connectivity index (χ4v) is 2.36. The Morgan fingerprint density at radius 1 is 1.24 bits per heavy atom. The van der Waals surface area contributed by atoms with Crippen LogP contribution in [0.1, 0.15) is 32.4 Å². The molecule has 1 aromatic rings. The van der Waals surface area contributed by atoms with Crippen LogP contribution in [0.2, 0.25) is 0 Å². The molecule has 0 fully saturated rings. The van der Waals surface area contributed by atoms with E-state index in [1.54, 1.807) is 4.90 Å². The van der Waals surface area contributed by atoms with Crippen LogP contribution in [0.5, 0.6) is 0 Å². The number of carbonyl (C=O) groups is 1. The second kappa shape index (κ2) is 7.57. The van der Waals surface area contributed by atoms with Gasteiger partial charge in [0.2, 0.25) is 5.91 Å². The number of nitrogens with zero attached hydrogens (tertiary/aromatic N) is 2. The Bertz CT molecular complexity index is 445. The maximum absolute atomic E-state index is 12.4. The Morgan fingerprint density at radius 3 is 2.33 bits per heavy atom. The first-order valence-corrected chi connectivity index (χ1v) is 7.46. The van der Waals surface area contributed by atoms with Gasteiger partial charge in [0, 0.05) is 13.6 Å². The standard InChI is InChI=1S/C17H29N3O/c1-14(15-9-7-6-8-10-15)20(5)16(21)11-19(4)13-17(2,3)12-18/h6-10,14H,11-13,18H2,1-5H3. The second-order valence-electron chi connectivity index (χ2n) is 6.63. The van der Waals surface area contributed by atoms with Crippen molar-refractivity contribution in [1.82, 2.24) is 9.80 Å². The van der Waals surface area contributed by atoms with Crippen LogP contribution in [0.3, 0.4) is 0 Å². The topological polar surface area (TPSA) is 49.6 Å². The van der Waals surface area contributed by atoms with Crippen LogP contribution >= 0.6 is 0 Å². The van der Waals surface area contributed by atoms with Gasteiger partial charge in [-0.05, 0) is 31.5 Å². The predicted molar refractivity (Wildman–Crippen MR) is 88.0 cm³/mol. The minimum atomic E-state index is 0.0264. The van der Waals surface area contributed by atoms with E-state index < -0.39 is 0 Å². The molecule has 0 spiro atoms. The highest BCUT2D eigenvalue weighted by Gasteiger charge is 2.22. The quantitative estimate of drug-likeness (QED) is 0.837. The van der Waals surface area contributed by atoms with Gasteiger partial charge in [-0.2, -0.15) is 0 Å². The second-order valence-corrected chi connectivity index (χ2v) is 6.63. The van der Waals surface area contributed by atoms with Gasteiger partial charge in [-0.25, -0.2) is 0 Å². The van der Waals surface area contributed by atoms with Crippen LogP contribution in [-0.4, -0.2) is 49.4 Å². The molecule has 1 aromatic carbocycles. The summed E-state index contributed by atoms with van der Waals surface area (Å²) in [5.41, 5.74) is 6.93. The first kappa shape index (κ1) is 17.7. The summed E-state index contributed by atoms with van der Waals surface area (Å²) in [6, 6.07) is 10.2. The number of benzene rings is 1. The van der Waals surface area contributed by atoms with Gasteiger partial charge in [0.05, 0.1) is 12.6 Å². The summed E-state index contributed by atoms with van der Waals surface area (Å²) in [7, 11) is 3.83. The fraction of sp³-hybridized carbons (Fsp3) is 0.588. The molecule has 1 unspecified atom stereocenters. The number of hydrogen-bond acceptors (Lipinski definition) is 3. The van der Waals surface area contributed by atoms with E-state index in [2.05, 4.69) is 32.9 Å². The van der Waals surface area contributed by atoms with Crippen molar-refractivity contribution in [3.8, 4) is 0 Å². The molecule has 0 heterocycles. The van der Waals surface area contributed by atoms with E-state index in [9.17, 15) is 4.79 Å². The Kier molecular flexibility index (Phi) is 6.37. The lowest BCUT2D eigenvalue weighted by Gasteiger charge is -2.31. The molecule has 1 rings (SSSR count). The zero-order valence-corrected chi connectivity index (χ0v) is 14.0. The van der Waals surface area contributed by atoms with Gasteiger partial charge < -0.3 is 10.6 Å². The smallest absolute Gasteiger partial charge is 0.236 e. The zero-order valence-electron chi connectivity index (χ0n) is 14.0. The number of hydrogen-bond donors (Lipinski definition) is 1. The maximum atomic E-state index is 12.4. The van der Waals surface area contributed by atoms with E-state index in [4.69, 9.17) is 5.73 Å². The molecular weight excluding hydrogens is 262 g/mol.